The molecule has 6 heteroatoms. The molecule has 0 aliphatic heterocycles. The Kier molecular flexibility index (Phi) is 9.79. The predicted molar refractivity (Wildman–Crippen MR) is 119 cm³/mol. The zero-order valence-corrected chi connectivity index (χ0v) is 17.9. The topological polar surface area (TPSA) is 56.8 Å². The van der Waals surface area contributed by atoms with E-state index in [1.165, 1.54) is 0 Å². The molecule has 2 rings (SSSR count). The van der Waals surface area contributed by atoms with Crippen LogP contribution in [0.5, 0.6) is 11.5 Å². The molecule has 0 aliphatic rings. The molecule has 30 heavy (non-hydrogen) atoms. The summed E-state index contributed by atoms with van der Waals surface area (Å²) in [5, 5.41) is 3.54. The van der Waals surface area contributed by atoms with Gasteiger partial charge in [0.25, 0.3) is 5.91 Å². The number of amides is 1. The number of carbonyl (C=O) groups is 1. The highest BCUT2D eigenvalue weighted by Crippen LogP contribution is 2.28. The van der Waals surface area contributed by atoms with Crippen LogP contribution < -0.4 is 14.8 Å². The molecule has 1 unspecified atom stereocenters. The first-order valence-corrected chi connectivity index (χ1v) is 9.96. The van der Waals surface area contributed by atoms with Crippen molar-refractivity contribution in [3.05, 3.63) is 70.8 Å². The molecule has 0 radical (unpaired) electrons. The van der Waals surface area contributed by atoms with Crippen LogP contribution in [-0.2, 0) is 16.0 Å². The van der Waals surface area contributed by atoms with Gasteiger partial charge in [0.1, 0.15) is 6.61 Å². The molecule has 1 N–H and O–H groups in total. The van der Waals surface area contributed by atoms with Crippen LogP contribution >= 0.6 is 11.6 Å². The number of allylic oxidation sites excluding steroid dienone is 1. The largest absolute Gasteiger partial charge is 0.493 e. The molecule has 1 atom stereocenters. The molecule has 0 heterocycles. The van der Waals surface area contributed by atoms with Gasteiger partial charge in [0, 0.05) is 11.6 Å². The van der Waals surface area contributed by atoms with Gasteiger partial charge in [0.15, 0.2) is 17.6 Å². The molecule has 0 saturated carbocycles. The molecule has 0 bridgehead atoms. The Hall–Kier alpha value is -2.94. The molecule has 0 fully saturated rings. The number of ether oxygens (including phenoxy) is 3. The smallest absolute Gasteiger partial charge is 0.253 e. The maximum Gasteiger partial charge on any atom is 0.253 e. The van der Waals surface area contributed by atoms with Crippen LogP contribution in [-0.4, -0.2) is 32.8 Å². The van der Waals surface area contributed by atoms with Gasteiger partial charge in [-0.05, 0) is 48.7 Å². The summed E-state index contributed by atoms with van der Waals surface area (Å²) in [6.07, 6.45) is 8.87. The van der Waals surface area contributed by atoms with E-state index in [0.29, 0.717) is 36.1 Å². The summed E-state index contributed by atoms with van der Waals surface area (Å²) in [7, 11) is 1.57. The van der Waals surface area contributed by atoms with Crippen LogP contribution in [0.2, 0.25) is 5.02 Å². The minimum Gasteiger partial charge on any atom is -0.493 e. The fourth-order valence-corrected chi connectivity index (χ4v) is 2.86. The Morgan fingerprint density at radius 3 is 2.67 bits per heavy atom. The summed E-state index contributed by atoms with van der Waals surface area (Å²) in [6, 6.07) is 12.7. The molecule has 0 aliphatic carbocycles. The summed E-state index contributed by atoms with van der Waals surface area (Å²) in [4.78, 5) is 12.8. The van der Waals surface area contributed by atoms with Crippen molar-refractivity contribution in [2.45, 2.75) is 19.4 Å². The zero-order valence-electron chi connectivity index (χ0n) is 17.2. The number of rotatable bonds is 11. The second-order valence-corrected chi connectivity index (χ2v) is 6.79. The van der Waals surface area contributed by atoms with Gasteiger partial charge in [-0.3, -0.25) is 4.79 Å². The summed E-state index contributed by atoms with van der Waals surface area (Å²) in [5.74, 6) is 3.41. The third-order valence-electron chi connectivity index (χ3n) is 4.26. The lowest BCUT2D eigenvalue weighted by atomic mass is 10.1. The molecule has 1 amide bonds. The molecule has 0 saturated heterocycles. The predicted octanol–water partition coefficient (Wildman–Crippen LogP) is 4.35. The maximum atomic E-state index is 12.8. The molecule has 5 nitrogen and oxygen atoms in total. The monoisotopic (exact) mass is 427 g/mol. The lowest BCUT2D eigenvalue weighted by Gasteiger charge is -2.18. The van der Waals surface area contributed by atoms with Crippen LogP contribution in [0, 0.1) is 12.3 Å². The Morgan fingerprint density at radius 2 is 2.00 bits per heavy atom. The summed E-state index contributed by atoms with van der Waals surface area (Å²) < 4.78 is 16.6. The number of hydrogen-bond donors (Lipinski definition) is 1. The van der Waals surface area contributed by atoms with Gasteiger partial charge in [0.2, 0.25) is 0 Å². The summed E-state index contributed by atoms with van der Waals surface area (Å²) in [6.45, 7) is 2.86. The number of nitrogens with one attached hydrogen (secondary N) is 1. The molecular formula is C24H26ClNO4. The highest BCUT2D eigenvalue weighted by molar-refractivity contribution is 6.30. The van der Waals surface area contributed by atoms with E-state index in [2.05, 4.69) is 11.2 Å². The molecule has 2 aromatic carbocycles. The van der Waals surface area contributed by atoms with E-state index in [4.69, 9.17) is 32.2 Å². The standard InChI is InChI=1S/C24H26ClNO4/c1-4-6-16-30-23(19-8-10-20(25)11-9-19)24(27)26-14-13-18-7-12-21(29-15-5-2)22(17-18)28-3/h2,4,6-12,17,23H,13-16H2,1,3H3,(H,26,27)/b6-4+. The van der Waals surface area contributed by atoms with Crippen LogP contribution in [0.25, 0.3) is 0 Å². The first-order chi connectivity index (χ1) is 14.6. The molecular weight excluding hydrogens is 402 g/mol. The number of carbonyl (C=O) groups excluding carboxylic acids is 1. The van der Waals surface area contributed by atoms with Crippen molar-refractivity contribution in [1.82, 2.24) is 5.32 Å². The molecule has 2 aromatic rings. The van der Waals surface area contributed by atoms with E-state index < -0.39 is 6.10 Å². The Labute approximate surface area is 183 Å². The average molecular weight is 428 g/mol. The van der Waals surface area contributed by atoms with Gasteiger partial charge in [-0.1, -0.05) is 47.9 Å². The van der Waals surface area contributed by atoms with Gasteiger partial charge in [-0.15, -0.1) is 6.42 Å². The first kappa shape index (κ1) is 23.3. The van der Waals surface area contributed by atoms with Gasteiger partial charge >= 0.3 is 0 Å². The SMILES string of the molecule is C#CCOc1ccc(CCNC(=O)C(OC/C=C/C)c2ccc(Cl)cc2)cc1OC. The zero-order chi connectivity index (χ0) is 21.8. The lowest BCUT2D eigenvalue weighted by molar-refractivity contribution is -0.132. The van der Waals surface area contributed by atoms with Crippen molar-refractivity contribution in [1.29, 1.82) is 0 Å². The van der Waals surface area contributed by atoms with Crippen molar-refractivity contribution in [2.24, 2.45) is 0 Å². The molecule has 0 spiro atoms. The van der Waals surface area contributed by atoms with Crippen LogP contribution in [0.3, 0.4) is 0 Å². The number of halogens is 1. The highest BCUT2D eigenvalue weighted by Gasteiger charge is 2.20. The third kappa shape index (κ3) is 7.14. The second kappa shape index (κ2) is 12.6. The van der Waals surface area contributed by atoms with E-state index in [1.54, 1.807) is 31.4 Å². The van der Waals surface area contributed by atoms with Crippen molar-refractivity contribution in [3.8, 4) is 23.8 Å². The normalized spacial score (nSPS) is 11.7. The van der Waals surface area contributed by atoms with Gasteiger partial charge < -0.3 is 19.5 Å². The Morgan fingerprint density at radius 1 is 1.23 bits per heavy atom. The maximum absolute atomic E-state index is 12.8. The van der Waals surface area contributed by atoms with Crippen molar-refractivity contribution < 1.29 is 19.0 Å². The quantitative estimate of drug-likeness (QED) is 0.428. The third-order valence-corrected chi connectivity index (χ3v) is 4.51. The van der Waals surface area contributed by atoms with Crippen molar-refractivity contribution >= 4 is 17.5 Å². The number of methoxy groups -OCH3 is 1. The Bertz CT molecular complexity index is 887. The van der Waals surface area contributed by atoms with Crippen molar-refractivity contribution in [2.75, 3.05) is 26.9 Å². The fourth-order valence-electron chi connectivity index (χ4n) is 2.74. The first-order valence-electron chi connectivity index (χ1n) is 9.58. The molecule has 158 valence electrons. The van der Waals surface area contributed by atoms with Gasteiger partial charge in [0.05, 0.1) is 13.7 Å². The second-order valence-electron chi connectivity index (χ2n) is 6.35. The lowest BCUT2D eigenvalue weighted by Crippen LogP contribution is -2.32. The van der Waals surface area contributed by atoms with Crippen LogP contribution in [0.15, 0.2) is 54.6 Å². The number of benzene rings is 2. The molecule has 0 aromatic heterocycles. The summed E-state index contributed by atoms with van der Waals surface area (Å²) >= 11 is 5.96. The van der Waals surface area contributed by atoms with Gasteiger partial charge in [-0.2, -0.15) is 0 Å². The minimum absolute atomic E-state index is 0.172. The van der Waals surface area contributed by atoms with Crippen LogP contribution in [0.1, 0.15) is 24.2 Å². The fraction of sp³-hybridized carbons (Fsp3) is 0.292. The minimum atomic E-state index is -0.715. The van der Waals surface area contributed by atoms with E-state index in [-0.39, 0.29) is 12.5 Å². The average Bonchev–Trinajstić information content (AvgIpc) is 2.76. The van der Waals surface area contributed by atoms with E-state index in [1.807, 2.05) is 37.3 Å². The van der Waals surface area contributed by atoms with Gasteiger partial charge in [-0.25, -0.2) is 0 Å². The van der Waals surface area contributed by atoms with Crippen molar-refractivity contribution in [3.63, 3.8) is 0 Å². The highest BCUT2D eigenvalue weighted by atomic mass is 35.5. The summed E-state index contributed by atoms with van der Waals surface area (Å²) in [5.41, 5.74) is 1.75. The van der Waals surface area contributed by atoms with E-state index in [9.17, 15) is 4.79 Å². The number of hydrogen-bond acceptors (Lipinski definition) is 4. The van der Waals surface area contributed by atoms with Crippen LogP contribution in [0.4, 0.5) is 0 Å². The van der Waals surface area contributed by atoms with E-state index >= 15 is 0 Å². The Balaban J connectivity index is 1.99. The van der Waals surface area contributed by atoms with E-state index in [0.717, 1.165) is 11.1 Å². The number of terminal acetylenes is 1.